The summed E-state index contributed by atoms with van der Waals surface area (Å²) in [4.78, 5) is 0. The number of hydrogen-bond donors (Lipinski definition) is 0. The lowest BCUT2D eigenvalue weighted by atomic mass is 9.49. The van der Waals surface area contributed by atoms with Crippen molar-refractivity contribution in [3.63, 3.8) is 0 Å². The first kappa shape index (κ1) is 9.51. The highest BCUT2D eigenvalue weighted by atomic mass is 32.1. The number of azo groups is 1. The normalized spacial score (nSPS) is 53.4. The Kier molecular flexibility index (Phi) is 1.80. The van der Waals surface area contributed by atoms with Crippen molar-refractivity contribution in [2.24, 2.45) is 33.4 Å². The van der Waals surface area contributed by atoms with Gasteiger partial charge in [-0.3, -0.25) is 0 Å². The van der Waals surface area contributed by atoms with Crippen LogP contribution in [0.1, 0.15) is 38.5 Å². The molecule has 1 aliphatic heterocycles. The maximum absolute atomic E-state index is 5.64. The van der Waals surface area contributed by atoms with Crippen LogP contribution < -0.4 is 0 Å². The Balaban J connectivity index is 1.66. The topological polar surface area (TPSA) is 34.0 Å². The van der Waals surface area contributed by atoms with Gasteiger partial charge in [0.1, 0.15) is 0 Å². The van der Waals surface area contributed by atoms with Crippen LogP contribution >= 0.6 is 12.2 Å². The Bertz CT molecular complexity index is 344. The van der Waals surface area contributed by atoms with Crippen LogP contribution in [0.25, 0.3) is 0 Å². The highest BCUT2D eigenvalue weighted by Crippen LogP contribution is 2.62. The zero-order valence-electron chi connectivity index (χ0n) is 9.26. The molecule has 0 saturated heterocycles. The Morgan fingerprint density at radius 1 is 1.06 bits per heavy atom. The largest absolute Gasteiger partial charge is 0.440 e. The van der Waals surface area contributed by atoms with Gasteiger partial charge < -0.3 is 4.74 Å². The summed E-state index contributed by atoms with van der Waals surface area (Å²) in [6, 6.07) is 0. The smallest absolute Gasteiger partial charge is 0.304 e. The predicted octanol–water partition coefficient (Wildman–Crippen LogP) is 3.30. The van der Waals surface area contributed by atoms with Gasteiger partial charge in [-0.25, -0.2) is 0 Å². The van der Waals surface area contributed by atoms with Gasteiger partial charge >= 0.3 is 5.17 Å². The fourth-order valence-electron chi connectivity index (χ4n) is 4.97. The molecule has 4 aliphatic carbocycles. The zero-order chi connectivity index (χ0) is 10.8. The quantitative estimate of drug-likeness (QED) is 0.655. The fraction of sp³-hybridized carbons (Fsp3) is 0.917. The van der Waals surface area contributed by atoms with Crippen molar-refractivity contribution in [3.8, 4) is 0 Å². The molecule has 4 bridgehead atoms. The van der Waals surface area contributed by atoms with Crippen molar-refractivity contribution in [3.05, 3.63) is 0 Å². The van der Waals surface area contributed by atoms with Crippen LogP contribution in [0.5, 0.6) is 0 Å². The van der Waals surface area contributed by atoms with E-state index in [9.17, 15) is 0 Å². The van der Waals surface area contributed by atoms with Gasteiger partial charge in [-0.2, -0.15) is 0 Å². The average Bonchev–Trinajstić information content (AvgIpc) is 2.63. The molecule has 5 aliphatic rings. The van der Waals surface area contributed by atoms with Gasteiger partial charge in [-0.15, -0.1) is 10.2 Å². The van der Waals surface area contributed by atoms with Crippen molar-refractivity contribution in [1.29, 1.82) is 0 Å². The van der Waals surface area contributed by atoms with E-state index in [4.69, 9.17) is 17.0 Å². The molecule has 4 saturated carbocycles. The van der Waals surface area contributed by atoms with Gasteiger partial charge in [0.25, 0.3) is 0 Å². The zero-order valence-corrected chi connectivity index (χ0v) is 10.1. The number of rotatable bonds is 1. The molecule has 0 aromatic heterocycles. The lowest BCUT2D eigenvalue weighted by molar-refractivity contribution is -0.108. The van der Waals surface area contributed by atoms with E-state index in [0.29, 0.717) is 10.6 Å². The van der Waals surface area contributed by atoms with Crippen molar-refractivity contribution < 1.29 is 4.74 Å². The van der Waals surface area contributed by atoms with Crippen LogP contribution in [0, 0.1) is 23.2 Å². The summed E-state index contributed by atoms with van der Waals surface area (Å²) in [7, 11) is 0. The maximum atomic E-state index is 5.64. The summed E-state index contributed by atoms with van der Waals surface area (Å²) < 4.78 is 5.64. The molecular weight excluding hydrogens is 220 g/mol. The molecule has 0 amide bonds. The molecule has 0 aromatic rings. The molecule has 0 spiro atoms. The fourth-order valence-corrected chi connectivity index (χ4v) is 5.11. The van der Waals surface area contributed by atoms with Crippen LogP contribution in [0.3, 0.4) is 0 Å². The van der Waals surface area contributed by atoms with Crippen molar-refractivity contribution in [2.45, 2.75) is 44.8 Å². The molecule has 1 unspecified atom stereocenters. The van der Waals surface area contributed by atoms with E-state index in [1.165, 1.54) is 38.5 Å². The van der Waals surface area contributed by atoms with E-state index < -0.39 is 0 Å². The highest BCUT2D eigenvalue weighted by Gasteiger charge is 2.56. The third kappa shape index (κ3) is 1.22. The summed E-state index contributed by atoms with van der Waals surface area (Å²) in [6.45, 7) is 0. The average molecular weight is 236 g/mol. The van der Waals surface area contributed by atoms with E-state index >= 15 is 0 Å². The molecular formula is C12H16N2OS. The SMILES string of the molecule is S=C1N=NC(C23CC4CC(CC(C4)C2)C3)O1. The molecule has 5 rings (SSSR count). The van der Waals surface area contributed by atoms with Gasteiger partial charge in [-0.1, -0.05) is 0 Å². The molecule has 0 radical (unpaired) electrons. The lowest BCUT2D eigenvalue weighted by Crippen LogP contribution is -2.51. The lowest BCUT2D eigenvalue weighted by Gasteiger charge is -2.57. The first-order valence-electron chi connectivity index (χ1n) is 6.35. The van der Waals surface area contributed by atoms with E-state index in [-0.39, 0.29) is 6.23 Å². The van der Waals surface area contributed by atoms with Crippen LogP contribution in [0.15, 0.2) is 10.2 Å². The van der Waals surface area contributed by atoms with Crippen molar-refractivity contribution in [1.82, 2.24) is 0 Å². The number of ether oxygens (including phenoxy) is 1. The van der Waals surface area contributed by atoms with E-state index in [1.807, 2.05) is 0 Å². The minimum Gasteiger partial charge on any atom is -0.440 e. The maximum Gasteiger partial charge on any atom is 0.304 e. The second-order valence-electron chi connectivity index (χ2n) is 6.23. The number of hydrogen-bond acceptors (Lipinski definition) is 3. The van der Waals surface area contributed by atoms with Crippen LogP contribution in [-0.4, -0.2) is 11.4 Å². The number of nitrogens with zero attached hydrogens (tertiary/aromatic N) is 2. The summed E-state index contributed by atoms with van der Waals surface area (Å²) in [6.07, 6.45) is 8.20. The van der Waals surface area contributed by atoms with Crippen LogP contribution in [0.2, 0.25) is 0 Å². The minimum atomic E-state index is -0.0478. The number of thiocarbonyl (C=S) groups is 1. The van der Waals surface area contributed by atoms with Crippen molar-refractivity contribution >= 4 is 17.4 Å². The summed E-state index contributed by atoms with van der Waals surface area (Å²) in [5.41, 5.74) is 0.290. The monoisotopic (exact) mass is 236 g/mol. The molecule has 1 atom stereocenters. The standard InChI is InChI=1S/C12H16N2OS/c16-11-14-13-10(15-11)12-4-7-1-8(5-12)3-9(2-7)6-12/h7-10H,1-6H2. The first-order chi connectivity index (χ1) is 7.73. The molecule has 0 N–H and O–H groups in total. The first-order valence-corrected chi connectivity index (χ1v) is 6.76. The Hall–Kier alpha value is -0.510. The predicted molar refractivity (Wildman–Crippen MR) is 62.9 cm³/mol. The molecule has 16 heavy (non-hydrogen) atoms. The Morgan fingerprint density at radius 2 is 1.62 bits per heavy atom. The molecule has 86 valence electrons. The van der Waals surface area contributed by atoms with E-state index in [1.54, 1.807) is 0 Å². The van der Waals surface area contributed by atoms with Crippen LogP contribution in [-0.2, 0) is 4.74 Å². The highest BCUT2D eigenvalue weighted by molar-refractivity contribution is 7.80. The molecule has 3 nitrogen and oxygen atoms in total. The van der Waals surface area contributed by atoms with Gasteiger partial charge in [-0.05, 0) is 68.5 Å². The summed E-state index contributed by atoms with van der Waals surface area (Å²) in [5, 5.41) is 8.53. The summed E-state index contributed by atoms with van der Waals surface area (Å²) in [5.74, 6) is 2.79. The van der Waals surface area contributed by atoms with Crippen molar-refractivity contribution in [2.75, 3.05) is 0 Å². The van der Waals surface area contributed by atoms with Crippen LogP contribution in [0.4, 0.5) is 0 Å². The third-order valence-corrected chi connectivity index (χ3v) is 5.24. The Morgan fingerprint density at radius 3 is 2.06 bits per heavy atom. The van der Waals surface area contributed by atoms with E-state index in [0.717, 1.165) is 17.8 Å². The second-order valence-corrected chi connectivity index (χ2v) is 6.58. The Labute approximate surface area is 101 Å². The molecule has 1 heterocycles. The van der Waals surface area contributed by atoms with Gasteiger partial charge in [0.05, 0.1) is 0 Å². The third-order valence-electron chi connectivity index (χ3n) is 5.07. The summed E-state index contributed by atoms with van der Waals surface area (Å²) >= 11 is 4.97. The van der Waals surface area contributed by atoms with Gasteiger partial charge in [0.2, 0.25) is 6.23 Å². The van der Waals surface area contributed by atoms with E-state index in [2.05, 4.69) is 10.2 Å². The molecule has 4 heteroatoms. The molecule has 4 fully saturated rings. The molecule has 0 aromatic carbocycles. The van der Waals surface area contributed by atoms with Gasteiger partial charge in [0, 0.05) is 5.41 Å². The minimum absolute atomic E-state index is 0.0478. The van der Waals surface area contributed by atoms with Gasteiger partial charge in [0.15, 0.2) is 0 Å². The second kappa shape index (κ2) is 3.03.